The highest BCUT2D eigenvalue weighted by Crippen LogP contribution is 2.40. The molecule has 0 radical (unpaired) electrons. The third-order valence-corrected chi connectivity index (χ3v) is 4.89. The Balaban J connectivity index is 1.73. The molecule has 1 atom stereocenters. The van der Waals surface area contributed by atoms with E-state index in [1.807, 2.05) is 0 Å². The summed E-state index contributed by atoms with van der Waals surface area (Å²) in [4.78, 5) is 11.0. The van der Waals surface area contributed by atoms with Gasteiger partial charge in [0.15, 0.2) is 0 Å². The summed E-state index contributed by atoms with van der Waals surface area (Å²) in [5.41, 5.74) is 0. The van der Waals surface area contributed by atoms with Crippen molar-refractivity contribution in [1.29, 1.82) is 0 Å². The second kappa shape index (κ2) is 4.56. The fourth-order valence-electron chi connectivity index (χ4n) is 2.22. The summed E-state index contributed by atoms with van der Waals surface area (Å²) in [7, 11) is 0. The summed E-state index contributed by atoms with van der Waals surface area (Å²) in [6, 6.07) is 0. The molecular weight excluding hydrogens is 196 g/mol. The summed E-state index contributed by atoms with van der Waals surface area (Å²) >= 11 is 1.70. The largest absolute Gasteiger partial charge is 0.480 e. The summed E-state index contributed by atoms with van der Waals surface area (Å²) in [6.07, 6.45) is 7.62. The number of carboxylic acids is 1. The third kappa shape index (κ3) is 2.66. The van der Waals surface area contributed by atoms with Crippen molar-refractivity contribution in [3.05, 3.63) is 0 Å². The average Bonchev–Trinajstić information content (AvgIpc) is 2.82. The molecule has 2 fully saturated rings. The molecule has 2 aliphatic carbocycles. The van der Waals surface area contributed by atoms with Crippen molar-refractivity contribution in [2.24, 2.45) is 11.8 Å². The van der Waals surface area contributed by atoms with Gasteiger partial charge in [0, 0.05) is 0 Å². The zero-order valence-electron chi connectivity index (χ0n) is 8.45. The molecule has 0 aromatic rings. The zero-order valence-corrected chi connectivity index (χ0v) is 9.26. The van der Waals surface area contributed by atoms with E-state index in [1.165, 1.54) is 25.7 Å². The molecule has 2 saturated carbocycles. The lowest BCUT2D eigenvalue weighted by atomic mass is 10.1. The van der Waals surface area contributed by atoms with E-state index < -0.39 is 5.97 Å². The van der Waals surface area contributed by atoms with Crippen LogP contribution in [0.1, 0.15) is 38.5 Å². The molecule has 0 aromatic heterocycles. The van der Waals surface area contributed by atoms with Gasteiger partial charge < -0.3 is 5.11 Å². The number of carboxylic acid groups (broad SMARTS) is 1. The predicted octanol–water partition coefficient (Wildman–Crippen LogP) is 2.77. The topological polar surface area (TPSA) is 37.3 Å². The lowest BCUT2D eigenvalue weighted by Gasteiger charge is -2.13. The number of carbonyl (C=O) groups is 1. The highest BCUT2D eigenvalue weighted by Gasteiger charge is 2.36. The molecule has 2 aliphatic rings. The van der Waals surface area contributed by atoms with Crippen LogP contribution < -0.4 is 0 Å². The van der Waals surface area contributed by atoms with E-state index in [2.05, 4.69) is 0 Å². The highest BCUT2D eigenvalue weighted by atomic mass is 32.2. The maximum Gasteiger partial charge on any atom is 0.316 e. The van der Waals surface area contributed by atoms with Gasteiger partial charge in [-0.3, -0.25) is 4.79 Å². The first-order valence-electron chi connectivity index (χ1n) is 5.62. The van der Waals surface area contributed by atoms with Crippen molar-refractivity contribution in [1.82, 2.24) is 0 Å². The Labute approximate surface area is 89.5 Å². The fraction of sp³-hybridized carbons (Fsp3) is 0.909. The Morgan fingerprint density at radius 2 is 1.93 bits per heavy atom. The van der Waals surface area contributed by atoms with Crippen LogP contribution in [0.15, 0.2) is 0 Å². The van der Waals surface area contributed by atoms with E-state index in [0.717, 1.165) is 24.5 Å². The highest BCUT2D eigenvalue weighted by molar-refractivity contribution is 8.00. The molecule has 0 amide bonds. The van der Waals surface area contributed by atoms with Crippen LogP contribution in [0.5, 0.6) is 0 Å². The van der Waals surface area contributed by atoms with E-state index >= 15 is 0 Å². The van der Waals surface area contributed by atoms with Crippen molar-refractivity contribution < 1.29 is 9.90 Å². The smallest absolute Gasteiger partial charge is 0.316 e. The van der Waals surface area contributed by atoms with Gasteiger partial charge in [-0.2, -0.15) is 0 Å². The molecule has 2 rings (SSSR count). The number of rotatable bonds is 5. The van der Waals surface area contributed by atoms with Crippen LogP contribution in [0, 0.1) is 11.8 Å². The van der Waals surface area contributed by atoms with E-state index in [-0.39, 0.29) is 5.25 Å². The van der Waals surface area contributed by atoms with E-state index in [9.17, 15) is 4.79 Å². The molecule has 0 aromatic carbocycles. The van der Waals surface area contributed by atoms with Crippen LogP contribution in [0.3, 0.4) is 0 Å². The van der Waals surface area contributed by atoms with Crippen LogP contribution in [-0.4, -0.2) is 22.1 Å². The molecule has 80 valence electrons. The van der Waals surface area contributed by atoms with Gasteiger partial charge in [-0.05, 0) is 43.3 Å². The SMILES string of the molecule is O=C(O)C(SCC1CCCC1)C1CC1. The maximum atomic E-state index is 11.0. The molecule has 0 aliphatic heterocycles. The van der Waals surface area contributed by atoms with Gasteiger partial charge in [0.2, 0.25) is 0 Å². The minimum Gasteiger partial charge on any atom is -0.480 e. The molecule has 3 heteroatoms. The standard InChI is InChI=1S/C11H18O2S/c12-11(13)10(9-5-6-9)14-7-8-3-1-2-4-8/h8-10H,1-7H2,(H,12,13). The zero-order chi connectivity index (χ0) is 9.97. The summed E-state index contributed by atoms with van der Waals surface area (Å²) in [5, 5.41) is 8.94. The molecule has 14 heavy (non-hydrogen) atoms. The van der Waals surface area contributed by atoms with E-state index in [0.29, 0.717) is 5.92 Å². The van der Waals surface area contributed by atoms with Gasteiger partial charge in [0.25, 0.3) is 0 Å². The van der Waals surface area contributed by atoms with Crippen molar-refractivity contribution >= 4 is 17.7 Å². The summed E-state index contributed by atoms with van der Waals surface area (Å²) < 4.78 is 0. The van der Waals surface area contributed by atoms with Crippen LogP contribution in [0.2, 0.25) is 0 Å². The molecule has 0 spiro atoms. The van der Waals surface area contributed by atoms with Crippen molar-refractivity contribution in [2.45, 2.75) is 43.8 Å². The minimum atomic E-state index is -0.588. The summed E-state index contributed by atoms with van der Waals surface area (Å²) in [5.74, 6) is 1.78. The van der Waals surface area contributed by atoms with E-state index in [4.69, 9.17) is 5.11 Å². The molecule has 0 heterocycles. The molecule has 0 bridgehead atoms. The fourth-order valence-corrected chi connectivity index (χ4v) is 3.72. The first kappa shape index (κ1) is 10.3. The number of thioether (sulfide) groups is 1. The Morgan fingerprint density at radius 3 is 2.43 bits per heavy atom. The molecular formula is C11H18O2S. The van der Waals surface area contributed by atoms with E-state index in [1.54, 1.807) is 11.8 Å². The summed E-state index contributed by atoms with van der Waals surface area (Å²) in [6.45, 7) is 0. The number of aliphatic carboxylic acids is 1. The maximum absolute atomic E-state index is 11.0. The van der Waals surface area contributed by atoms with Crippen molar-refractivity contribution in [3.8, 4) is 0 Å². The van der Waals surface area contributed by atoms with Gasteiger partial charge >= 0.3 is 5.97 Å². The Hall–Kier alpha value is -0.180. The molecule has 0 saturated heterocycles. The monoisotopic (exact) mass is 214 g/mol. The van der Waals surface area contributed by atoms with Gasteiger partial charge in [0.05, 0.1) is 0 Å². The van der Waals surface area contributed by atoms with Crippen LogP contribution in [0.25, 0.3) is 0 Å². The van der Waals surface area contributed by atoms with Crippen LogP contribution in [0.4, 0.5) is 0 Å². The lowest BCUT2D eigenvalue weighted by molar-refractivity contribution is -0.136. The second-order valence-corrected chi connectivity index (χ2v) is 5.75. The molecule has 1 N–H and O–H groups in total. The number of hydrogen-bond donors (Lipinski definition) is 1. The van der Waals surface area contributed by atoms with Gasteiger partial charge in [0.1, 0.15) is 5.25 Å². The van der Waals surface area contributed by atoms with Gasteiger partial charge in [-0.15, -0.1) is 11.8 Å². The van der Waals surface area contributed by atoms with Gasteiger partial charge in [-0.1, -0.05) is 12.8 Å². The first-order chi connectivity index (χ1) is 6.77. The van der Waals surface area contributed by atoms with Crippen molar-refractivity contribution in [3.63, 3.8) is 0 Å². The normalized spacial score (nSPS) is 25.1. The average molecular weight is 214 g/mol. The molecule has 1 unspecified atom stereocenters. The first-order valence-corrected chi connectivity index (χ1v) is 6.66. The minimum absolute atomic E-state index is 0.101. The predicted molar refractivity (Wildman–Crippen MR) is 58.6 cm³/mol. The van der Waals surface area contributed by atoms with Gasteiger partial charge in [-0.25, -0.2) is 0 Å². The second-order valence-electron chi connectivity index (χ2n) is 4.58. The van der Waals surface area contributed by atoms with Crippen LogP contribution >= 0.6 is 11.8 Å². The third-order valence-electron chi connectivity index (χ3n) is 3.28. The number of hydrogen-bond acceptors (Lipinski definition) is 2. The Bertz CT molecular complexity index is 207. The molecule has 2 nitrogen and oxygen atoms in total. The van der Waals surface area contributed by atoms with Crippen LogP contribution in [-0.2, 0) is 4.79 Å². The van der Waals surface area contributed by atoms with Crippen molar-refractivity contribution in [2.75, 3.05) is 5.75 Å². The Morgan fingerprint density at radius 1 is 1.29 bits per heavy atom. The lowest BCUT2D eigenvalue weighted by Crippen LogP contribution is -2.20. The quantitative estimate of drug-likeness (QED) is 0.764. The Kier molecular flexibility index (Phi) is 3.37.